The fourth-order valence-electron chi connectivity index (χ4n) is 1.47. The van der Waals surface area contributed by atoms with Gasteiger partial charge in [0.15, 0.2) is 0 Å². The third-order valence-corrected chi connectivity index (χ3v) is 2.63. The Labute approximate surface area is 125 Å². The van der Waals surface area contributed by atoms with Crippen molar-refractivity contribution in [2.24, 2.45) is 5.92 Å². The summed E-state index contributed by atoms with van der Waals surface area (Å²) in [5.41, 5.74) is 6.22. The molecule has 6 heteroatoms. The van der Waals surface area contributed by atoms with Crippen molar-refractivity contribution in [2.45, 2.75) is 20.3 Å². The molecule has 0 heterocycles. The third kappa shape index (κ3) is 7.81. The first-order valence-corrected chi connectivity index (χ1v) is 6.99. The number of hydrogen-bond acceptors (Lipinski definition) is 4. The lowest BCUT2D eigenvalue weighted by molar-refractivity contribution is -0.126. The van der Waals surface area contributed by atoms with E-state index < -0.39 is 0 Å². The van der Waals surface area contributed by atoms with Gasteiger partial charge < -0.3 is 21.1 Å². The molecule has 116 valence electrons. The standard InChI is InChI=1S/C15H23N3O3/c1-11(2)9-17-15(20)10-18-14(19)7-8-21-13-5-3-12(16)4-6-13/h3-6,11H,7-10,16H2,1-2H3,(H,17,20)(H,18,19). The second kappa shape index (κ2) is 8.84. The molecular formula is C15H23N3O3. The number of nitrogens with two attached hydrogens (primary N) is 1. The molecule has 1 aromatic carbocycles. The van der Waals surface area contributed by atoms with Crippen LogP contribution >= 0.6 is 0 Å². The van der Waals surface area contributed by atoms with Gasteiger partial charge in [0.05, 0.1) is 19.6 Å². The highest BCUT2D eigenvalue weighted by Gasteiger charge is 2.06. The molecule has 21 heavy (non-hydrogen) atoms. The van der Waals surface area contributed by atoms with Crippen LogP contribution < -0.4 is 21.1 Å². The maximum atomic E-state index is 11.5. The Kier molecular flexibility index (Phi) is 7.08. The Morgan fingerprint density at radius 3 is 2.43 bits per heavy atom. The first kappa shape index (κ1) is 16.8. The highest BCUT2D eigenvalue weighted by molar-refractivity contribution is 5.84. The zero-order chi connectivity index (χ0) is 15.7. The number of nitrogens with one attached hydrogen (secondary N) is 2. The van der Waals surface area contributed by atoms with E-state index in [9.17, 15) is 9.59 Å². The Morgan fingerprint density at radius 1 is 1.14 bits per heavy atom. The molecule has 6 nitrogen and oxygen atoms in total. The number of hydrogen-bond donors (Lipinski definition) is 3. The van der Waals surface area contributed by atoms with Crippen molar-refractivity contribution in [3.63, 3.8) is 0 Å². The van der Waals surface area contributed by atoms with Gasteiger partial charge in [0.2, 0.25) is 11.8 Å². The summed E-state index contributed by atoms with van der Waals surface area (Å²) in [5.74, 6) is 0.645. The second-order valence-corrected chi connectivity index (χ2v) is 5.14. The van der Waals surface area contributed by atoms with E-state index in [2.05, 4.69) is 10.6 Å². The molecule has 0 unspecified atom stereocenters. The molecule has 1 rings (SSSR count). The molecule has 0 bridgehead atoms. The molecular weight excluding hydrogens is 270 g/mol. The van der Waals surface area contributed by atoms with Crippen LogP contribution in [0.2, 0.25) is 0 Å². The summed E-state index contributed by atoms with van der Waals surface area (Å²) >= 11 is 0. The van der Waals surface area contributed by atoms with Crippen LogP contribution in [0.4, 0.5) is 5.69 Å². The molecule has 4 N–H and O–H groups in total. The van der Waals surface area contributed by atoms with Crippen LogP contribution in [-0.2, 0) is 9.59 Å². The maximum absolute atomic E-state index is 11.5. The van der Waals surface area contributed by atoms with Gasteiger partial charge in [0.25, 0.3) is 0 Å². The Morgan fingerprint density at radius 2 is 1.81 bits per heavy atom. The van der Waals surface area contributed by atoms with Crippen LogP contribution in [-0.4, -0.2) is 31.5 Å². The summed E-state index contributed by atoms with van der Waals surface area (Å²) in [6.07, 6.45) is 0.196. The van der Waals surface area contributed by atoms with Gasteiger partial charge in [0.1, 0.15) is 5.75 Å². The first-order valence-electron chi connectivity index (χ1n) is 6.99. The van der Waals surface area contributed by atoms with Gasteiger partial charge in [0, 0.05) is 12.2 Å². The Hall–Kier alpha value is -2.24. The SMILES string of the molecule is CC(C)CNC(=O)CNC(=O)CCOc1ccc(N)cc1. The van der Waals surface area contributed by atoms with E-state index >= 15 is 0 Å². The second-order valence-electron chi connectivity index (χ2n) is 5.14. The highest BCUT2D eigenvalue weighted by atomic mass is 16.5. The van der Waals surface area contributed by atoms with Crippen molar-refractivity contribution in [3.8, 4) is 5.75 Å². The van der Waals surface area contributed by atoms with E-state index in [1.54, 1.807) is 24.3 Å². The summed E-state index contributed by atoms with van der Waals surface area (Å²) < 4.78 is 5.40. The fraction of sp³-hybridized carbons (Fsp3) is 0.467. The lowest BCUT2D eigenvalue weighted by atomic mass is 10.2. The molecule has 0 radical (unpaired) electrons. The van der Waals surface area contributed by atoms with Crippen LogP contribution in [0.15, 0.2) is 24.3 Å². The monoisotopic (exact) mass is 293 g/mol. The topological polar surface area (TPSA) is 93.5 Å². The molecule has 2 amide bonds. The van der Waals surface area contributed by atoms with Gasteiger partial charge in [-0.1, -0.05) is 13.8 Å². The van der Waals surface area contributed by atoms with Gasteiger partial charge in [-0.15, -0.1) is 0 Å². The van der Waals surface area contributed by atoms with Crippen molar-refractivity contribution in [1.82, 2.24) is 10.6 Å². The summed E-state index contributed by atoms with van der Waals surface area (Å²) in [5, 5.41) is 5.28. The van der Waals surface area contributed by atoms with Crippen molar-refractivity contribution >= 4 is 17.5 Å². The summed E-state index contributed by atoms with van der Waals surface area (Å²) in [6.45, 7) is 4.87. The van der Waals surface area contributed by atoms with Crippen LogP contribution in [0.25, 0.3) is 0 Å². The molecule has 0 aliphatic rings. The van der Waals surface area contributed by atoms with Crippen LogP contribution in [0.5, 0.6) is 5.75 Å². The zero-order valence-corrected chi connectivity index (χ0v) is 12.5. The Bertz CT molecular complexity index is 458. The van der Waals surface area contributed by atoms with Crippen molar-refractivity contribution in [3.05, 3.63) is 24.3 Å². The van der Waals surface area contributed by atoms with Gasteiger partial charge >= 0.3 is 0 Å². The lowest BCUT2D eigenvalue weighted by Crippen LogP contribution is -2.38. The van der Waals surface area contributed by atoms with Gasteiger partial charge in [-0.05, 0) is 30.2 Å². The van der Waals surface area contributed by atoms with E-state index in [4.69, 9.17) is 10.5 Å². The van der Waals surface area contributed by atoms with E-state index in [-0.39, 0.29) is 31.4 Å². The minimum atomic E-state index is -0.217. The first-order chi connectivity index (χ1) is 9.97. The van der Waals surface area contributed by atoms with E-state index in [1.807, 2.05) is 13.8 Å². The number of anilines is 1. The average Bonchev–Trinajstić information content (AvgIpc) is 2.45. The molecule has 0 saturated carbocycles. The molecule has 0 atom stereocenters. The number of carbonyl (C=O) groups is 2. The van der Waals surface area contributed by atoms with E-state index in [1.165, 1.54) is 0 Å². The third-order valence-electron chi connectivity index (χ3n) is 2.63. The largest absolute Gasteiger partial charge is 0.493 e. The fourth-order valence-corrected chi connectivity index (χ4v) is 1.47. The molecule has 1 aromatic rings. The molecule has 0 fully saturated rings. The molecule has 0 aromatic heterocycles. The minimum absolute atomic E-state index is 0.00652. The molecule has 0 spiro atoms. The normalized spacial score (nSPS) is 10.2. The summed E-state index contributed by atoms with van der Waals surface area (Å²) in [7, 11) is 0. The summed E-state index contributed by atoms with van der Waals surface area (Å²) in [6, 6.07) is 6.95. The van der Waals surface area contributed by atoms with E-state index in [0.717, 1.165) is 0 Å². The predicted molar refractivity (Wildman–Crippen MR) is 81.8 cm³/mol. The number of rotatable bonds is 8. The number of nitrogen functional groups attached to an aromatic ring is 1. The van der Waals surface area contributed by atoms with Gasteiger partial charge in [-0.2, -0.15) is 0 Å². The highest BCUT2D eigenvalue weighted by Crippen LogP contribution is 2.12. The minimum Gasteiger partial charge on any atom is -0.493 e. The quantitative estimate of drug-likeness (QED) is 0.621. The van der Waals surface area contributed by atoms with Crippen LogP contribution in [0.1, 0.15) is 20.3 Å². The zero-order valence-electron chi connectivity index (χ0n) is 12.5. The molecule has 0 saturated heterocycles. The lowest BCUT2D eigenvalue weighted by Gasteiger charge is -2.09. The number of ether oxygens (including phenoxy) is 1. The van der Waals surface area contributed by atoms with Gasteiger partial charge in [-0.25, -0.2) is 0 Å². The van der Waals surface area contributed by atoms with Crippen molar-refractivity contribution in [1.29, 1.82) is 0 Å². The van der Waals surface area contributed by atoms with Crippen LogP contribution in [0, 0.1) is 5.92 Å². The number of amides is 2. The molecule has 0 aliphatic heterocycles. The van der Waals surface area contributed by atoms with Gasteiger partial charge in [-0.3, -0.25) is 9.59 Å². The van der Waals surface area contributed by atoms with Crippen LogP contribution in [0.3, 0.4) is 0 Å². The summed E-state index contributed by atoms with van der Waals surface area (Å²) in [4.78, 5) is 22.9. The number of carbonyl (C=O) groups excluding carboxylic acids is 2. The number of benzene rings is 1. The average molecular weight is 293 g/mol. The Balaban J connectivity index is 2.13. The maximum Gasteiger partial charge on any atom is 0.239 e. The van der Waals surface area contributed by atoms with E-state index in [0.29, 0.717) is 23.9 Å². The predicted octanol–water partition coefficient (Wildman–Crippen LogP) is 0.926. The van der Waals surface area contributed by atoms with Crippen molar-refractivity contribution < 1.29 is 14.3 Å². The smallest absolute Gasteiger partial charge is 0.239 e. The molecule has 0 aliphatic carbocycles. The van der Waals surface area contributed by atoms with Crippen molar-refractivity contribution in [2.75, 3.05) is 25.4 Å².